The number of ketones is 4. The fourth-order valence-electron chi connectivity index (χ4n) is 5.37. The summed E-state index contributed by atoms with van der Waals surface area (Å²) >= 11 is 0. The molecular weight excluding hydrogens is 817 g/mol. The Kier molecular flexibility index (Phi) is 25.1. The van der Waals surface area contributed by atoms with Crippen LogP contribution in [0.2, 0.25) is 0 Å². The van der Waals surface area contributed by atoms with Crippen LogP contribution in [0, 0.1) is 5.92 Å². The highest BCUT2D eigenvalue weighted by Gasteiger charge is 2.10. The van der Waals surface area contributed by atoms with E-state index in [1.807, 2.05) is 19.1 Å². The lowest BCUT2D eigenvalue weighted by Gasteiger charge is -2.12. The van der Waals surface area contributed by atoms with Crippen LogP contribution in [0.5, 0.6) is 46.0 Å². The Bertz CT molecular complexity index is 2250. The zero-order valence-electron chi connectivity index (χ0n) is 36.6. The van der Waals surface area contributed by atoms with Crippen molar-refractivity contribution in [1.29, 1.82) is 0 Å². The van der Waals surface area contributed by atoms with E-state index >= 15 is 0 Å². The first kappa shape index (κ1) is 54.9. The number of rotatable bonds is 23. The Balaban J connectivity index is 0.000000621. The molecule has 1 N–H and O–H groups in total. The molecule has 0 bridgehead atoms. The molecule has 0 radical (unpaired) electrons. The van der Waals surface area contributed by atoms with Crippen LogP contribution in [0.4, 0.5) is 0 Å². The number of phenolic OH excluding ortho intramolecular Hbond substituents is 1. The first-order chi connectivity index (χ1) is 29.8. The molecule has 0 aromatic heterocycles. The van der Waals surface area contributed by atoms with Crippen LogP contribution in [0.15, 0.2) is 97.1 Å². The maximum atomic E-state index is 12.2. The lowest BCUT2D eigenvalue weighted by molar-refractivity contribution is -0.123. The maximum absolute atomic E-state index is 12.2. The molecule has 4 aromatic rings. The topological polar surface area (TPSA) is 153 Å². The van der Waals surface area contributed by atoms with Crippen LogP contribution in [-0.4, -0.2) is 77.0 Å². The van der Waals surface area contributed by atoms with Crippen LogP contribution < -0.4 is 33.2 Å². The molecule has 0 aliphatic heterocycles. The normalized spacial score (nSPS) is 10.8. The fraction of sp³-hybridized carbons (Fsp3) is 0.308. The Hall–Kier alpha value is -7.08. The third-order valence-corrected chi connectivity index (χ3v) is 8.56. The smallest absolute Gasteiger partial charge is 0.163 e. The Morgan fingerprint density at radius 1 is 0.484 bits per heavy atom. The van der Waals surface area contributed by atoms with Gasteiger partial charge in [-0.3, -0.25) is 19.2 Å². The van der Waals surface area contributed by atoms with E-state index < -0.39 is 0 Å². The number of allylic oxidation sites excluding steroid dienone is 4. The van der Waals surface area contributed by atoms with Gasteiger partial charge in [0.15, 0.2) is 69.1 Å². The summed E-state index contributed by atoms with van der Waals surface area (Å²) < 4.78 is 37.5. The highest BCUT2D eigenvalue weighted by molar-refractivity contribution is 6.11. The highest BCUT2D eigenvalue weighted by atomic mass is 16.5. The van der Waals surface area contributed by atoms with Crippen molar-refractivity contribution < 1.29 is 57.4 Å². The Morgan fingerprint density at radius 3 is 1.17 bits per heavy atom. The summed E-state index contributed by atoms with van der Waals surface area (Å²) in [5.74, 6) is 3.17. The predicted molar refractivity (Wildman–Crippen MR) is 255 cm³/mol. The van der Waals surface area contributed by atoms with Crippen molar-refractivity contribution in [2.75, 3.05) is 48.8 Å². The first-order valence-corrected chi connectivity index (χ1v) is 19.9. The summed E-state index contributed by atoms with van der Waals surface area (Å²) in [7, 11) is 7.67. The lowest BCUT2D eigenvalue weighted by atomic mass is 10.1. The second-order valence-corrected chi connectivity index (χ2v) is 14.0. The minimum atomic E-state index is -0.322. The van der Waals surface area contributed by atoms with Gasteiger partial charge in [-0.05, 0) is 107 Å². The zero-order chi connectivity index (χ0) is 45.4. The standard InChI is InChI=1S/2C25H28O6.2CH4/c1-17(2)16-31-23-12-8-19(14-25(23)30-4)6-10-21(27)15-20(26)9-5-18-7-11-22(28)24(13-18)29-3;1-5-14-31-23-13-9-19(16-25(23)30-4)7-11-21(27)17-20(26)10-6-18-8-12-22(28-2)24(15-18)29-3;;/h5-14,17,28H,15-16H2,1-4H3;6-13,15-16H,5,14,17H2,1-4H3;2*1H4/b9-5+,10-6+;10-6+,11-7+;;. The van der Waals surface area contributed by atoms with E-state index in [4.69, 9.17) is 33.2 Å². The Labute approximate surface area is 378 Å². The van der Waals surface area contributed by atoms with Gasteiger partial charge in [0, 0.05) is 0 Å². The van der Waals surface area contributed by atoms with E-state index in [9.17, 15) is 24.3 Å². The number of benzene rings is 4. The van der Waals surface area contributed by atoms with Crippen molar-refractivity contribution in [3.05, 3.63) is 119 Å². The van der Waals surface area contributed by atoms with Gasteiger partial charge in [0.1, 0.15) is 0 Å². The monoisotopic (exact) mass is 880 g/mol. The van der Waals surface area contributed by atoms with Gasteiger partial charge in [0.05, 0.1) is 61.6 Å². The maximum Gasteiger partial charge on any atom is 0.163 e. The minimum absolute atomic E-state index is 0. The molecule has 12 nitrogen and oxygen atoms in total. The van der Waals surface area contributed by atoms with Gasteiger partial charge >= 0.3 is 0 Å². The molecule has 0 atom stereocenters. The summed E-state index contributed by atoms with van der Waals surface area (Å²) in [6.45, 7) is 7.33. The van der Waals surface area contributed by atoms with Crippen LogP contribution in [-0.2, 0) is 19.2 Å². The van der Waals surface area contributed by atoms with Crippen LogP contribution in [0.3, 0.4) is 0 Å². The van der Waals surface area contributed by atoms with Crippen LogP contribution >= 0.6 is 0 Å². The van der Waals surface area contributed by atoms with Crippen LogP contribution in [0.25, 0.3) is 24.3 Å². The van der Waals surface area contributed by atoms with Gasteiger partial charge in [-0.25, -0.2) is 0 Å². The number of phenols is 1. The van der Waals surface area contributed by atoms with Crippen molar-refractivity contribution in [2.45, 2.75) is 54.9 Å². The molecule has 0 unspecified atom stereocenters. The van der Waals surface area contributed by atoms with Gasteiger partial charge in [0.25, 0.3) is 0 Å². The molecule has 64 heavy (non-hydrogen) atoms. The summed E-state index contributed by atoms with van der Waals surface area (Å²) in [6, 6.07) is 20.8. The first-order valence-electron chi connectivity index (χ1n) is 19.9. The van der Waals surface area contributed by atoms with E-state index in [-0.39, 0.29) is 56.6 Å². The third kappa shape index (κ3) is 18.9. The largest absolute Gasteiger partial charge is 0.504 e. The molecule has 12 heteroatoms. The summed E-state index contributed by atoms with van der Waals surface area (Å²) in [5, 5.41) is 9.60. The molecular formula is C52H64O12. The molecule has 0 saturated carbocycles. The number of carbonyl (C=O) groups is 4. The number of aromatic hydroxyl groups is 1. The summed E-state index contributed by atoms with van der Waals surface area (Å²) in [5.41, 5.74) is 2.99. The van der Waals surface area contributed by atoms with Gasteiger partial charge in [-0.15, -0.1) is 0 Å². The van der Waals surface area contributed by atoms with Gasteiger partial charge in [-0.1, -0.05) is 84.2 Å². The molecule has 344 valence electrons. The quantitative estimate of drug-likeness (QED) is 0.0557. The summed E-state index contributed by atoms with van der Waals surface area (Å²) in [4.78, 5) is 48.5. The summed E-state index contributed by atoms with van der Waals surface area (Å²) in [6.07, 6.45) is 12.4. The van der Waals surface area contributed by atoms with E-state index in [0.29, 0.717) is 64.9 Å². The zero-order valence-corrected chi connectivity index (χ0v) is 36.6. The lowest BCUT2D eigenvalue weighted by Crippen LogP contribution is -2.05. The molecule has 0 saturated heterocycles. The van der Waals surface area contributed by atoms with E-state index in [0.717, 1.165) is 23.1 Å². The number of hydrogen-bond donors (Lipinski definition) is 1. The van der Waals surface area contributed by atoms with Crippen molar-refractivity contribution in [3.63, 3.8) is 0 Å². The second kappa shape index (κ2) is 29.3. The molecule has 0 aliphatic rings. The van der Waals surface area contributed by atoms with Gasteiger partial charge < -0.3 is 38.3 Å². The third-order valence-electron chi connectivity index (χ3n) is 8.56. The average molecular weight is 881 g/mol. The number of methoxy groups -OCH3 is 5. The molecule has 4 aromatic carbocycles. The number of ether oxygens (including phenoxy) is 7. The molecule has 0 spiro atoms. The van der Waals surface area contributed by atoms with Crippen molar-refractivity contribution >= 4 is 47.4 Å². The SMILES string of the molecule is C.C.CCCOc1ccc(/C=C/C(=O)CC(=O)/C=C/c2ccc(OC)c(OC)c2)cc1OC.COc1cc(/C=C/C(=O)CC(=O)/C=C/c2ccc(OCC(C)C)c(OC)c2)ccc1O. The molecule has 4 rings (SSSR count). The average Bonchev–Trinajstić information content (AvgIpc) is 3.27. The van der Waals surface area contributed by atoms with E-state index in [2.05, 4.69) is 13.8 Å². The van der Waals surface area contributed by atoms with Crippen molar-refractivity contribution in [2.24, 2.45) is 5.92 Å². The van der Waals surface area contributed by atoms with E-state index in [1.54, 1.807) is 107 Å². The number of hydrogen-bond acceptors (Lipinski definition) is 12. The van der Waals surface area contributed by atoms with Crippen molar-refractivity contribution in [1.82, 2.24) is 0 Å². The van der Waals surface area contributed by atoms with Gasteiger partial charge in [0.2, 0.25) is 0 Å². The minimum Gasteiger partial charge on any atom is -0.504 e. The van der Waals surface area contributed by atoms with Crippen LogP contribution in [0.1, 0.15) is 77.1 Å². The van der Waals surface area contributed by atoms with Crippen molar-refractivity contribution in [3.8, 4) is 46.0 Å². The number of carbonyl (C=O) groups excluding carboxylic acids is 4. The fourth-order valence-corrected chi connectivity index (χ4v) is 5.37. The van der Waals surface area contributed by atoms with E-state index in [1.165, 1.54) is 37.5 Å². The molecule has 0 aliphatic carbocycles. The molecule has 0 amide bonds. The highest BCUT2D eigenvalue weighted by Crippen LogP contribution is 2.31. The molecule has 0 fully saturated rings. The second-order valence-electron chi connectivity index (χ2n) is 14.0. The predicted octanol–water partition coefficient (Wildman–Crippen LogP) is 10.7. The molecule has 0 heterocycles. The Morgan fingerprint density at radius 2 is 0.812 bits per heavy atom. The van der Waals surface area contributed by atoms with Gasteiger partial charge in [-0.2, -0.15) is 0 Å².